The molecular weight excluding hydrogens is 446 g/mol. The summed E-state index contributed by atoms with van der Waals surface area (Å²) in [6, 6.07) is -1.44. The lowest BCUT2D eigenvalue weighted by Gasteiger charge is -2.40. The molecule has 0 aromatic heterocycles. The van der Waals surface area contributed by atoms with Crippen molar-refractivity contribution in [3.63, 3.8) is 0 Å². The molecule has 35 heavy (non-hydrogen) atoms. The molecule has 3 heterocycles. The van der Waals surface area contributed by atoms with Crippen LogP contribution in [0.3, 0.4) is 0 Å². The lowest BCUT2D eigenvalue weighted by atomic mass is 9.62. The summed E-state index contributed by atoms with van der Waals surface area (Å²) in [5, 5.41) is 16.3. The average Bonchev–Trinajstić information content (AvgIpc) is 3.20. The van der Waals surface area contributed by atoms with Crippen molar-refractivity contribution in [3.05, 3.63) is 0 Å². The van der Waals surface area contributed by atoms with Crippen molar-refractivity contribution in [3.8, 4) is 0 Å². The van der Waals surface area contributed by atoms with Crippen molar-refractivity contribution in [1.29, 1.82) is 0 Å². The zero-order chi connectivity index (χ0) is 26.7. The van der Waals surface area contributed by atoms with Crippen molar-refractivity contribution in [2.75, 3.05) is 13.7 Å². The van der Waals surface area contributed by atoms with Gasteiger partial charge in [-0.05, 0) is 57.3 Å². The van der Waals surface area contributed by atoms with E-state index in [1.54, 1.807) is 11.9 Å². The minimum Gasteiger partial charge on any atom is -0.394 e. The number of carbonyl (C=O) groups excluding carboxylic acids is 3. The van der Waals surface area contributed by atoms with Crippen LogP contribution in [0, 0.1) is 29.1 Å². The van der Waals surface area contributed by atoms with E-state index in [-0.39, 0.29) is 41.6 Å². The number of fused-ring (bicyclic) bond motifs is 1. The normalized spacial score (nSPS) is 35.4. The number of carbonyl (C=O) groups is 3. The van der Waals surface area contributed by atoms with Gasteiger partial charge >= 0.3 is 0 Å². The van der Waals surface area contributed by atoms with Crippen molar-refractivity contribution in [2.24, 2.45) is 29.1 Å². The van der Waals surface area contributed by atoms with Crippen LogP contribution in [0.1, 0.15) is 81.6 Å². The van der Waals surface area contributed by atoms with Crippen molar-refractivity contribution in [2.45, 2.75) is 110 Å². The summed E-state index contributed by atoms with van der Waals surface area (Å²) in [5.41, 5.74) is -2.46. The van der Waals surface area contributed by atoms with E-state index in [1.807, 2.05) is 41.5 Å². The molecule has 3 unspecified atom stereocenters. The molecule has 1 spiro atoms. The second-order valence-electron chi connectivity index (χ2n) is 13.6. The highest BCUT2D eigenvalue weighted by molar-refractivity contribution is 5.99. The Morgan fingerprint density at radius 3 is 2.29 bits per heavy atom. The van der Waals surface area contributed by atoms with Gasteiger partial charge in [-0.15, -0.1) is 0 Å². The van der Waals surface area contributed by atoms with E-state index >= 15 is 0 Å². The molecular formula is C27H47N3O5. The number of amides is 3. The van der Waals surface area contributed by atoms with Crippen LogP contribution in [0.25, 0.3) is 0 Å². The zero-order valence-electron chi connectivity index (χ0n) is 23.3. The van der Waals surface area contributed by atoms with E-state index in [0.29, 0.717) is 12.8 Å². The molecule has 0 radical (unpaired) electrons. The first kappa shape index (κ1) is 27.9. The van der Waals surface area contributed by atoms with E-state index in [0.717, 1.165) is 6.42 Å². The van der Waals surface area contributed by atoms with Crippen LogP contribution in [-0.2, 0) is 19.1 Å². The number of nitrogens with zero attached hydrogens (tertiary/aromatic N) is 1. The maximum Gasteiger partial charge on any atom is 0.246 e. The molecule has 8 nitrogen and oxygen atoms in total. The molecule has 3 N–H and O–H groups in total. The Labute approximate surface area is 210 Å². The molecule has 0 aromatic rings. The summed E-state index contributed by atoms with van der Waals surface area (Å²) in [6.07, 6.45) is 1.81. The van der Waals surface area contributed by atoms with Crippen molar-refractivity contribution in [1.82, 2.24) is 15.5 Å². The summed E-state index contributed by atoms with van der Waals surface area (Å²) in [4.78, 5) is 42.9. The third-order valence-electron chi connectivity index (χ3n) is 8.31. The van der Waals surface area contributed by atoms with Crippen LogP contribution in [0.2, 0.25) is 0 Å². The number of hydrogen-bond donors (Lipinski definition) is 3. The van der Waals surface area contributed by atoms with Gasteiger partial charge in [0.1, 0.15) is 11.6 Å². The molecule has 3 aliphatic heterocycles. The predicted molar refractivity (Wildman–Crippen MR) is 134 cm³/mol. The maximum absolute atomic E-state index is 14.1. The van der Waals surface area contributed by atoms with E-state index in [4.69, 9.17) is 4.74 Å². The highest BCUT2D eigenvalue weighted by Crippen LogP contribution is 2.65. The van der Waals surface area contributed by atoms with Gasteiger partial charge in [-0.25, -0.2) is 0 Å². The molecule has 3 amide bonds. The summed E-state index contributed by atoms with van der Waals surface area (Å²) in [7, 11) is 1.57. The third kappa shape index (κ3) is 4.61. The van der Waals surface area contributed by atoms with Gasteiger partial charge in [0.05, 0.1) is 30.1 Å². The molecule has 3 saturated heterocycles. The van der Waals surface area contributed by atoms with Crippen molar-refractivity contribution < 1.29 is 24.2 Å². The number of likely N-dealkylation sites (tertiary alicyclic amines) is 1. The van der Waals surface area contributed by atoms with E-state index in [2.05, 4.69) is 31.4 Å². The maximum atomic E-state index is 14.1. The Morgan fingerprint density at radius 1 is 1.20 bits per heavy atom. The highest BCUT2D eigenvalue weighted by Gasteiger charge is 2.80. The number of rotatable bonds is 8. The number of nitrogens with one attached hydrogen (secondary N) is 2. The Bertz CT molecular complexity index is 865. The SMILES string of the molecule is CNC(=O)[C@@H]1[C@H]2C(=O)N([C@@H](CO)CC(C)C)C(C(=O)NC(C)(C)CC(C)(C)C)C23CC(C)[C@@]1(C)O3. The van der Waals surface area contributed by atoms with Gasteiger partial charge in [0, 0.05) is 12.6 Å². The fourth-order valence-electron chi connectivity index (χ4n) is 7.52. The Kier molecular flexibility index (Phi) is 7.19. The van der Waals surface area contributed by atoms with Crippen LogP contribution in [0.15, 0.2) is 0 Å². The number of ether oxygens (including phenoxy) is 1. The lowest BCUT2D eigenvalue weighted by Crippen LogP contribution is -2.61. The molecule has 0 aromatic carbocycles. The highest BCUT2D eigenvalue weighted by atomic mass is 16.5. The predicted octanol–water partition coefficient (Wildman–Crippen LogP) is 2.48. The van der Waals surface area contributed by atoms with E-state index in [1.165, 1.54) is 0 Å². The molecule has 8 heteroatoms. The summed E-state index contributed by atoms with van der Waals surface area (Å²) < 4.78 is 6.70. The summed E-state index contributed by atoms with van der Waals surface area (Å²) in [5.74, 6) is -2.02. The second kappa shape index (κ2) is 9.02. The van der Waals surface area contributed by atoms with Crippen LogP contribution in [0.5, 0.6) is 0 Å². The van der Waals surface area contributed by atoms with Crippen LogP contribution < -0.4 is 10.6 Å². The molecule has 0 aliphatic carbocycles. The summed E-state index contributed by atoms with van der Waals surface area (Å²) in [6.45, 7) is 18.1. The Balaban J connectivity index is 2.11. The van der Waals surface area contributed by atoms with Gasteiger partial charge in [-0.2, -0.15) is 0 Å². The van der Waals surface area contributed by atoms with E-state index in [9.17, 15) is 19.5 Å². The second-order valence-corrected chi connectivity index (χ2v) is 13.6. The smallest absolute Gasteiger partial charge is 0.246 e. The van der Waals surface area contributed by atoms with Gasteiger partial charge in [-0.3, -0.25) is 14.4 Å². The molecule has 200 valence electrons. The minimum atomic E-state index is -1.10. The number of aliphatic hydroxyl groups is 1. The van der Waals surface area contributed by atoms with Crippen molar-refractivity contribution >= 4 is 17.7 Å². The quantitative estimate of drug-likeness (QED) is 0.482. The van der Waals surface area contributed by atoms with Crippen LogP contribution in [0.4, 0.5) is 0 Å². The largest absolute Gasteiger partial charge is 0.394 e. The fourth-order valence-corrected chi connectivity index (χ4v) is 7.52. The fraction of sp³-hybridized carbons (Fsp3) is 0.889. The molecule has 3 aliphatic rings. The molecule has 0 saturated carbocycles. The molecule has 3 rings (SSSR count). The third-order valence-corrected chi connectivity index (χ3v) is 8.31. The first-order valence-electron chi connectivity index (χ1n) is 13.1. The number of aliphatic hydroxyl groups excluding tert-OH is 1. The van der Waals surface area contributed by atoms with Gasteiger partial charge < -0.3 is 25.4 Å². The standard InChI is InChI=1S/C27H47N3O5/c1-15(2)11-17(13-31)30-20(22(33)29-25(7,8)14-24(4,5)6)27-12-16(3)26(9,35-27)18(21(32)28-10)19(27)23(30)34/h15-20,31H,11-14H2,1-10H3,(H,28,32)(H,29,33)/t16?,17-,18+,19+,20?,26-,27?/m1/s1. The molecule has 7 atom stereocenters. The first-order valence-corrected chi connectivity index (χ1v) is 13.1. The Morgan fingerprint density at radius 2 is 1.80 bits per heavy atom. The first-order chi connectivity index (χ1) is 15.9. The van der Waals surface area contributed by atoms with Crippen LogP contribution in [-0.4, -0.2) is 70.2 Å². The van der Waals surface area contributed by atoms with Gasteiger partial charge in [-0.1, -0.05) is 41.5 Å². The monoisotopic (exact) mass is 493 g/mol. The summed E-state index contributed by atoms with van der Waals surface area (Å²) >= 11 is 0. The molecule has 2 bridgehead atoms. The average molecular weight is 494 g/mol. The number of hydrogen-bond acceptors (Lipinski definition) is 5. The van der Waals surface area contributed by atoms with Gasteiger partial charge in [0.2, 0.25) is 17.7 Å². The van der Waals surface area contributed by atoms with Gasteiger partial charge in [0.15, 0.2) is 0 Å². The lowest BCUT2D eigenvalue weighted by molar-refractivity contribution is -0.151. The zero-order valence-corrected chi connectivity index (χ0v) is 23.3. The Hall–Kier alpha value is -1.67. The topological polar surface area (TPSA) is 108 Å². The van der Waals surface area contributed by atoms with Gasteiger partial charge in [0.25, 0.3) is 0 Å². The van der Waals surface area contributed by atoms with Crippen LogP contribution >= 0.6 is 0 Å². The molecule has 3 fully saturated rings. The minimum absolute atomic E-state index is 0.00985. The van der Waals surface area contributed by atoms with E-state index < -0.39 is 40.7 Å².